The summed E-state index contributed by atoms with van der Waals surface area (Å²) in [5.74, 6) is 0.753. The largest absolute Gasteiger partial charge is 0.488 e. The van der Waals surface area contributed by atoms with Gasteiger partial charge in [0.15, 0.2) is 0 Å². The maximum atomic E-state index is 12.8. The molecule has 3 nitrogen and oxygen atoms in total. The van der Waals surface area contributed by atoms with Crippen molar-refractivity contribution in [3.63, 3.8) is 0 Å². The molecule has 0 aromatic heterocycles. The SMILES string of the molecule is O=C(NC1CCCCC1)c1cc(OCc2ccccc2)c2ccccc2c1. The monoisotopic (exact) mass is 359 g/mol. The van der Waals surface area contributed by atoms with E-state index >= 15 is 0 Å². The van der Waals surface area contributed by atoms with Gasteiger partial charge in [0.05, 0.1) is 0 Å². The maximum absolute atomic E-state index is 12.8. The quantitative estimate of drug-likeness (QED) is 0.655. The molecule has 0 spiro atoms. The number of amides is 1. The molecule has 3 heteroatoms. The molecule has 0 atom stereocenters. The minimum atomic E-state index is -0.00258. The van der Waals surface area contributed by atoms with Gasteiger partial charge < -0.3 is 10.1 Å². The molecule has 1 N–H and O–H groups in total. The fraction of sp³-hybridized carbons (Fsp3) is 0.292. The second kappa shape index (κ2) is 8.26. The lowest BCUT2D eigenvalue weighted by atomic mass is 9.95. The highest BCUT2D eigenvalue weighted by molar-refractivity contribution is 6.01. The molecule has 138 valence electrons. The Balaban J connectivity index is 1.58. The van der Waals surface area contributed by atoms with Gasteiger partial charge in [0, 0.05) is 17.0 Å². The molecule has 3 aromatic rings. The van der Waals surface area contributed by atoms with Crippen molar-refractivity contribution in [1.29, 1.82) is 0 Å². The highest BCUT2D eigenvalue weighted by Gasteiger charge is 2.18. The number of nitrogens with one attached hydrogen (secondary N) is 1. The van der Waals surface area contributed by atoms with Gasteiger partial charge >= 0.3 is 0 Å². The zero-order chi connectivity index (χ0) is 18.5. The van der Waals surface area contributed by atoms with Crippen LogP contribution in [0.25, 0.3) is 10.8 Å². The molecule has 1 saturated carbocycles. The summed E-state index contributed by atoms with van der Waals surface area (Å²) in [6.45, 7) is 0.485. The fourth-order valence-electron chi connectivity index (χ4n) is 3.78. The second-order valence-electron chi connectivity index (χ2n) is 7.28. The summed E-state index contributed by atoms with van der Waals surface area (Å²) in [7, 11) is 0. The zero-order valence-electron chi connectivity index (χ0n) is 15.5. The molecule has 1 amide bonds. The van der Waals surface area contributed by atoms with Gasteiger partial charge in [0.25, 0.3) is 5.91 Å². The van der Waals surface area contributed by atoms with Crippen LogP contribution in [0.2, 0.25) is 0 Å². The van der Waals surface area contributed by atoms with Gasteiger partial charge in [-0.05, 0) is 35.9 Å². The van der Waals surface area contributed by atoms with E-state index < -0.39 is 0 Å². The van der Waals surface area contributed by atoms with Crippen LogP contribution < -0.4 is 10.1 Å². The van der Waals surface area contributed by atoms with Crippen LogP contribution in [-0.2, 0) is 6.61 Å². The Morgan fingerprint density at radius 2 is 1.67 bits per heavy atom. The average molecular weight is 359 g/mol. The highest BCUT2D eigenvalue weighted by atomic mass is 16.5. The van der Waals surface area contributed by atoms with E-state index in [1.807, 2.05) is 66.7 Å². The third kappa shape index (κ3) is 4.30. The molecule has 0 heterocycles. The Labute approximate surface area is 160 Å². The molecule has 0 saturated heterocycles. The van der Waals surface area contributed by atoms with Crippen molar-refractivity contribution >= 4 is 16.7 Å². The topological polar surface area (TPSA) is 38.3 Å². The molecule has 0 unspecified atom stereocenters. The summed E-state index contributed by atoms with van der Waals surface area (Å²) in [4.78, 5) is 12.8. The van der Waals surface area contributed by atoms with E-state index in [1.54, 1.807) is 0 Å². The Morgan fingerprint density at radius 1 is 0.926 bits per heavy atom. The Bertz CT molecular complexity index is 914. The smallest absolute Gasteiger partial charge is 0.251 e. The average Bonchev–Trinajstić information content (AvgIpc) is 2.73. The van der Waals surface area contributed by atoms with Crippen LogP contribution in [0, 0.1) is 0 Å². The summed E-state index contributed by atoms with van der Waals surface area (Å²) >= 11 is 0. The first kappa shape index (κ1) is 17.6. The van der Waals surface area contributed by atoms with E-state index in [2.05, 4.69) is 5.32 Å². The van der Waals surface area contributed by atoms with Gasteiger partial charge in [-0.25, -0.2) is 0 Å². The number of fused-ring (bicyclic) bond motifs is 1. The molecule has 3 aromatic carbocycles. The molecule has 0 radical (unpaired) electrons. The van der Waals surface area contributed by atoms with Crippen LogP contribution in [0.15, 0.2) is 66.7 Å². The Kier molecular flexibility index (Phi) is 5.38. The minimum Gasteiger partial charge on any atom is -0.488 e. The van der Waals surface area contributed by atoms with Gasteiger partial charge in [-0.3, -0.25) is 4.79 Å². The normalized spacial score (nSPS) is 14.8. The van der Waals surface area contributed by atoms with Gasteiger partial charge in [0.1, 0.15) is 12.4 Å². The maximum Gasteiger partial charge on any atom is 0.251 e. The summed E-state index contributed by atoms with van der Waals surface area (Å²) in [5, 5.41) is 5.26. The molecule has 4 rings (SSSR count). The Morgan fingerprint density at radius 3 is 2.48 bits per heavy atom. The van der Waals surface area contributed by atoms with Gasteiger partial charge in [-0.15, -0.1) is 0 Å². The number of carbonyl (C=O) groups excluding carboxylic acids is 1. The van der Waals surface area contributed by atoms with E-state index in [0.717, 1.165) is 34.9 Å². The number of hydrogen-bond donors (Lipinski definition) is 1. The predicted octanol–water partition coefficient (Wildman–Crippen LogP) is 5.48. The van der Waals surface area contributed by atoms with Gasteiger partial charge in [0.2, 0.25) is 0 Å². The van der Waals surface area contributed by atoms with E-state index in [9.17, 15) is 4.79 Å². The second-order valence-corrected chi connectivity index (χ2v) is 7.28. The number of benzene rings is 3. The molecule has 1 fully saturated rings. The molecule has 0 bridgehead atoms. The number of ether oxygens (including phenoxy) is 1. The molecular weight excluding hydrogens is 334 g/mol. The first-order valence-electron chi connectivity index (χ1n) is 9.80. The van der Waals surface area contributed by atoms with Crippen LogP contribution in [-0.4, -0.2) is 11.9 Å². The molecule has 1 aliphatic carbocycles. The van der Waals surface area contributed by atoms with Crippen molar-refractivity contribution in [2.24, 2.45) is 0 Å². The van der Waals surface area contributed by atoms with Crippen molar-refractivity contribution in [3.8, 4) is 5.75 Å². The molecule has 1 aliphatic rings. The van der Waals surface area contributed by atoms with E-state index in [1.165, 1.54) is 19.3 Å². The van der Waals surface area contributed by atoms with E-state index in [-0.39, 0.29) is 5.91 Å². The third-order valence-electron chi connectivity index (χ3n) is 5.26. The number of hydrogen-bond acceptors (Lipinski definition) is 2. The van der Waals surface area contributed by atoms with Crippen molar-refractivity contribution in [3.05, 3.63) is 77.9 Å². The van der Waals surface area contributed by atoms with Gasteiger partial charge in [-0.1, -0.05) is 73.9 Å². The van der Waals surface area contributed by atoms with Gasteiger partial charge in [-0.2, -0.15) is 0 Å². The van der Waals surface area contributed by atoms with Crippen molar-refractivity contribution in [2.45, 2.75) is 44.8 Å². The Hall–Kier alpha value is -2.81. The summed E-state index contributed by atoms with van der Waals surface area (Å²) in [6, 6.07) is 22.3. The number of carbonyl (C=O) groups is 1. The van der Waals surface area contributed by atoms with Crippen molar-refractivity contribution in [1.82, 2.24) is 5.32 Å². The molecular formula is C24H25NO2. The zero-order valence-corrected chi connectivity index (χ0v) is 15.5. The number of rotatable bonds is 5. The fourth-order valence-corrected chi connectivity index (χ4v) is 3.78. The van der Waals surface area contributed by atoms with Crippen molar-refractivity contribution in [2.75, 3.05) is 0 Å². The van der Waals surface area contributed by atoms with Crippen LogP contribution in [0.5, 0.6) is 5.75 Å². The van der Waals surface area contributed by atoms with Crippen LogP contribution >= 0.6 is 0 Å². The van der Waals surface area contributed by atoms with Crippen LogP contribution in [0.3, 0.4) is 0 Å². The molecule has 0 aliphatic heterocycles. The summed E-state index contributed by atoms with van der Waals surface area (Å²) in [6.07, 6.45) is 5.84. The minimum absolute atomic E-state index is 0.00258. The lowest BCUT2D eigenvalue weighted by molar-refractivity contribution is 0.0927. The summed E-state index contributed by atoms with van der Waals surface area (Å²) in [5.41, 5.74) is 1.78. The first-order chi connectivity index (χ1) is 13.3. The van der Waals surface area contributed by atoms with E-state index in [0.29, 0.717) is 18.2 Å². The van der Waals surface area contributed by atoms with Crippen LogP contribution in [0.4, 0.5) is 0 Å². The standard InChI is InChI=1S/C24H25NO2/c26-24(25-21-12-5-2-6-13-21)20-15-19-11-7-8-14-22(19)23(16-20)27-17-18-9-3-1-4-10-18/h1,3-4,7-11,14-16,21H,2,5-6,12-13,17H2,(H,25,26). The van der Waals surface area contributed by atoms with E-state index in [4.69, 9.17) is 4.74 Å². The lowest BCUT2D eigenvalue weighted by Crippen LogP contribution is -2.36. The first-order valence-corrected chi connectivity index (χ1v) is 9.80. The predicted molar refractivity (Wildman–Crippen MR) is 109 cm³/mol. The lowest BCUT2D eigenvalue weighted by Gasteiger charge is -2.23. The molecule has 27 heavy (non-hydrogen) atoms. The van der Waals surface area contributed by atoms with Crippen molar-refractivity contribution < 1.29 is 9.53 Å². The van der Waals surface area contributed by atoms with Crippen LogP contribution in [0.1, 0.15) is 48.0 Å². The third-order valence-corrected chi connectivity index (χ3v) is 5.26. The summed E-state index contributed by atoms with van der Waals surface area (Å²) < 4.78 is 6.11. The highest BCUT2D eigenvalue weighted by Crippen LogP contribution is 2.29.